The fourth-order valence-corrected chi connectivity index (χ4v) is 4.26. The topological polar surface area (TPSA) is 73.1 Å². The maximum atomic E-state index is 11.5. The summed E-state index contributed by atoms with van der Waals surface area (Å²) in [6.45, 7) is 5.12. The number of rotatable bonds is 4. The zero-order valence-corrected chi connectivity index (χ0v) is 14.9. The van der Waals surface area contributed by atoms with Crippen LogP contribution in [0.25, 0.3) is 16.2 Å². The summed E-state index contributed by atoms with van der Waals surface area (Å²) >= 11 is 1.23. The first-order valence-corrected chi connectivity index (χ1v) is 9.05. The zero-order valence-electron chi connectivity index (χ0n) is 14.0. The Labute approximate surface area is 148 Å². The van der Waals surface area contributed by atoms with Crippen molar-refractivity contribution >= 4 is 22.3 Å². The number of benzene rings is 1. The lowest BCUT2D eigenvalue weighted by Gasteiger charge is -2.18. The molecule has 1 aliphatic rings. The summed E-state index contributed by atoms with van der Waals surface area (Å²) in [6, 6.07) is 5.79. The minimum absolute atomic E-state index is 0.376. The van der Waals surface area contributed by atoms with Gasteiger partial charge in [0.1, 0.15) is 18.1 Å². The number of carboxylic acid groups (broad SMARTS) is 1. The number of aryl methyl sites for hydroxylation is 2. The van der Waals surface area contributed by atoms with Crippen LogP contribution in [0.2, 0.25) is 0 Å². The molecule has 2 aromatic heterocycles. The highest BCUT2D eigenvalue weighted by Gasteiger charge is 2.23. The highest BCUT2D eigenvalue weighted by atomic mass is 32.1. The number of fused-ring (bicyclic) bond motifs is 2. The van der Waals surface area contributed by atoms with E-state index >= 15 is 0 Å². The Morgan fingerprint density at radius 3 is 2.80 bits per heavy atom. The second-order valence-corrected chi connectivity index (χ2v) is 6.93. The molecule has 0 radical (unpaired) electrons. The molecule has 0 saturated carbocycles. The second kappa shape index (κ2) is 6.07. The third-order valence-electron chi connectivity index (χ3n) is 4.30. The molecule has 6 nitrogen and oxygen atoms in total. The molecule has 3 heterocycles. The van der Waals surface area contributed by atoms with Crippen molar-refractivity contribution < 1.29 is 19.4 Å². The van der Waals surface area contributed by atoms with Gasteiger partial charge in [0.05, 0.1) is 5.69 Å². The molecule has 1 aliphatic heterocycles. The molecule has 0 unspecified atom stereocenters. The van der Waals surface area contributed by atoms with Crippen molar-refractivity contribution in [1.29, 1.82) is 0 Å². The van der Waals surface area contributed by atoms with Crippen LogP contribution < -0.4 is 9.47 Å². The molecular formula is C18H18N2O4S. The lowest BCUT2D eigenvalue weighted by atomic mass is 10.1. The number of hydrogen-bond acceptors (Lipinski definition) is 5. The molecule has 4 rings (SSSR count). The summed E-state index contributed by atoms with van der Waals surface area (Å²) in [5.74, 6) is 0.576. The first kappa shape index (κ1) is 16.0. The van der Waals surface area contributed by atoms with E-state index in [0.717, 1.165) is 40.6 Å². The normalized spacial score (nSPS) is 13.4. The fraction of sp³-hybridized carbons (Fsp3) is 0.333. The number of ether oxygens (including phenoxy) is 2. The van der Waals surface area contributed by atoms with Crippen LogP contribution >= 0.6 is 11.3 Å². The Hall–Kier alpha value is -2.54. The molecule has 0 saturated heterocycles. The molecule has 0 fully saturated rings. The van der Waals surface area contributed by atoms with Crippen molar-refractivity contribution in [2.75, 3.05) is 13.2 Å². The van der Waals surface area contributed by atoms with E-state index in [1.165, 1.54) is 11.3 Å². The van der Waals surface area contributed by atoms with E-state index in [4.69, 9.17) is 14.5 Å². The van der Waals surface area contributed by atoms with Gasteiger partial charge in [-0.1, -0.05) is 24.7 Å². The van der Waals surface area contributed by atoms with Crippen molar-refractivity contribution in [3.8, 4) is 22.8 Å². The van der Waals surface area contributed by atoms with Gasteiger partial charge in [0.25, 0.3) is 0 Å². The number of hydrogen-bond donors (Lipinski definition) is 1. The SMILES string of the molecule is CCCc1c(C(=O)O)sc2nc(-c3ccc4c(c3)OCCO4)c(C)n12. The van der Waals surface area contributed by atoms with E-state index in [1.54, 1.807) is 0 Å². The van der Waals surface area contributed by atoms with E-state index < -0.39 is 5.97 Å². The highest BCUT2D eigenvalue weighted by molar-refractivity contribution is 7.19. The molecular weight excluding hydrogens is 340 g/mol. The molecule has 0 amide bonds. The number of thiazole rings is 1. The molecule has 0 atom stereocenters. The maximum absolute atomic E-state index is 11.5. The maximum Gasteiger partial charge on any atom is 0.347 e. The summed E-state index contributed by atoms with van der Waals surface area (Å²) in [5, 5.41) is 9.46. The Morgan fingerprint density at radius 1 is 1.32 bits per heavy atom. The number of carbonyl (C=O) groups is 1. The lowest BCUT2D eigenvalue weighted by molar-refractivity contribution is 0.0700. The van der Waals surface area contributed by atoms with E-state index in [1.807, 2.05) is 36.4 Å². The summed E-state index contributed by atoms with van der Waals surface area (Å²) < 4.78 is 13.2. The van der Waals surface area contributed by atoms with Crippen molar-refractivity contribution in [2.45, 2.75) is 26.7 Å². The highest BCUT2D eigenvalue weighted by Crippen LogP contribution is 2.37. The van der Waals surface area contributed by atoms with Crippen molar-refractivity contribution in [3.05, 3.63) is 34.5 Å². The van der Waals surface area contributed by atoms with Gasteiger partial charge < -0.3 is 14.6 Å². The molecule has 3 aromatic rings. The molecule has 0 aliphatic carbocycles. The van der Waals surface area contributed by atoms with E-state index in [-0.39, 0.29) is 0 Å². The van der Waals surface area contributed by atoms with Gasteiger partial charge in [-0.05, 0) is 31.5 Å². The molecule has 7 heteroatoms. The van der Waals surface area contributed by atoms with Crippen LogP contribution in [-0.4, -0.2) is 33.7 Å². The molecule has 1 N–H and O–H groups in total. The number of imidazole rings is 1. The average molecular weight is 358 g/mol. The number of carboxylic acids is 1. The smallest absolute Gasteiger partial charge is 0.347 e. The number of aromatic carboxylic acids is 1. The van der Waals surface area contributed by atoms with Gasteiger partial charge in [-0.3, -0.25) is 4.40 Å². The van der Waals surface area contributed by atoms with Crippen LogP contribution in [0.5, 0.6) is 11.5 Å². The summed E-state index contributed by atoms with van der Waals surface area (Å²) in [4.78, 5) is 17.3. The second-order valence-electron chi connectivity index (χ2n) is 5.96. The van der Waals surface area contributed by atoms with Crippen LogP contribution in [0.4, 0.5) is 0 Å². The van der Waals surface area contributed by atoms with Gasteiger partial charge >= 0.3 is 5.97 Å². The quantitative estimate of drug-likeness (QED) is 0.768. The lowest BCUT2D eigenvalue weighted by Crippen LogP contribution is -2.15. The molecule has 1 aromatic carbocycles. The Balaban J connectivity index is 1.86. The van der Waals surface area contributed by atoms with E-state index in [2.05, 4.69) is 0 Å². The summed E-state index contributed by atoms with van der Waals surface area (Å²) in [7, 11) is 0. The van der Waals surface area contributed by atoms with Gasteiger partial charge in [-0.2, -0.15) is 0 Å². The van der Waals surface area contributed by atoms with Crippen LogP contribution in [0.1, 0.15) is 34.4 Å². The predicted molar refractivity (Wildman–Crippen MR) is 95.2 cm³/mol. The minimum atomic E-state index is -0.890. The number of nitrogens with zero attached hydrogens (tertiary/aromatic N) is 2. The van der Waals surface area contributed by atoms with Gasteiger partial charge in [0, 0.05) is 17.0 Å². The van der Waals surface area contributed by atoms with Crippen LogP contribution in [0.3, 0.4) is 0 Å². The van der Waals surface area contributed by atoms with Gasteiger partial charge in [-0.15, -0.1) is 0 Å². The Bertz CT molecular complexity index is 973. The van der Waals surface area contributed by atoms with Gasteiger partial charge in [0.15, 0.2) is 16.5 Å². The van der Waals surface area contributed by atoms with Crippen molar-refractivity contribution in [1.82, 2.24) is 9.38 Å². The molecule has 0 spiro atoms. The Kier molecular flexibility index (Phi) is 3.88. The summed E-state index contributed by atoms with van der Waals surface area (Å²) in [5.41, 5.74) is 3.55. The summed E-state index contributed by atoms with van der Waals surface area (Å²) in [6.07, 6.45) is 1.59. The third-order valence-corrected chi connectivity index (χ3v) is 5.37. The van der Waals surface area contributed by atoms with Crippen LogP contribution in [-0.2, 0) is 6.42 Å². The minimum Gasteiger partial charge on any atom is -0.486 e. The first-order valence-electron chi connectivity index (χ1n) is 8.24. The zero-order chi connectivity index (χ0) is 17.6. The molecule has 130 valence electrons. The van der Waals surface area contributed by atoms with Crippen molar-refractivity contribution in [3.63, 3.8) is 0 Å². The molecule has 0 bridgehead atoms. The van der Waals surface area contributed by atoms with Crippen LogP contribution in [0, 0.1) is 6.92 Å². The Morgan fingerprint density at radius 2 is 2.08 bits per heavy atom. The fourth-order valence-electron chi connectivity index (χ4n) is 3.21. The van der Waals surface area contributed by atoms with Gasteiger partial charge in [0.2, 0.25) is 0 Å². The third kappa shape index (κ3) is 2.55. The molecule has 25 heavy (non-hydrogen) atoms. The first-order chi connectivity index (χ1) is 12.1. The number of aromatic nitrogens is 2. The van der Waals surface area contributed by atoms with E-state index in [0.29, 0.717) is 29.5 Å². The monoisotopic (exact) mass is 358 g/mol. The predicted octanol–water partition coefficient (Wildman–Crippen LogP) is 3.79. The van der Waals surface area contributed by atoms with Crippen LogP contribution in [0.15, 0.2) is 18.2 Å². The van der Waals surface area contributed by atoms with Crippen molar-refractivity contribution in [2.24, 2.45) is 0 Å². The standard InChI is InChI=1S/C18H18N2O4S/c1-3-4-12-16(17(21)22)25-18-19-15(10(2)20(12)18)11-5-6-13-14(9-11)24-8-7-23-13/h5-6,9H,3-4,7-8H2,1-2H3,(H,21,22). The van der Waals surface area contributed by atoms with E-state index in [9.17, 15) is 9.90 Å². The average Bonchev–Trinajstić information content (AvgIpc) is 3.13. The van der Waals surface area contributed by atoms with Gasteiger partial charge in [-0.25, -0.2) is 9.78 Å². The largest absolute Gasteiger partial charge is 0.486 e.